The zero-order chi connectivity index (χ0) is 15.3. The molecule has 110 valence electrons. The van der Waals surface area contributed by atoms with Gasteiger partial charge in [0, 0.05) is 5.82 Å². The lowest BCUT2D eigenvalue weighted by Gasteiger charge is -2.32. The van der Waals surface area contributed by atoms with Crippen LogP contribution in [-0.2, 0) is 9.31 Å². The molecule has 1 heterocycles. The predicted octanol–water partition coefficient (Wildman–Crippen LogP) is 4.57. The third-order valence-corrected chi connectivity index (χ3v) is 4.98. The van der Waals surface area contributed by atoms with Gasteiger partial charge in [-0.05, 0) is 44.0 Å². The second-order valence-corrected chi connectivity index (χ2v) is 7.02. The van der Waals surface area contributed by atoms with Crippen molar-refractivity contribution in [1.82, 2.24) is 0 Å². The minimum atomic E-state index is -0.275. The Hall–Kier alpha value is -1.32. The fourth-order valence-corrected chi connectivity index (χ4v) is 2.74. The first kappa shape index (κ1) is 14.6. The molecular weight excluding hydrogens is 259 g/mol. The maximum atomic E-state index is 6.17. The second-order valence-electron chi connectivity index (χ2n) is 7.02. The molecule has 0 amide bonds. The van der Waals surface area contributed by atoms with Gasteiger partial charge in [0.2, 0.25) is 0 Å². The molecule has 0 radical (unpaired) electrons. The Bertz CT molecular complexity index is 647. The normalized spacial score (nSPS) is 21.7. The quantitative estimate of drug-likeness (QED) is 0.751. The molecule has 1 aliphatic heterocycles. The topological polar surface area (TPSA) is 18.5 Å². The van der Waals surface area contributed by atoms with Crippen LogP contribution in [0.4, 0.5) is 0 Å². The van der Waals surface area contributed by atoms with Crippen LogP contribution in [0.15, 0.2) is 42.5 Å². The Labute approximate surface area is 127 Å². The van der Waals surface area contributed by atoms with Crippen LogP contribution in [0.3, 0.4) is 0 Å². The lowest BCUT2D eigenvalue weighted by molar-refractivity contribution is 0.00578. The van der Waals surface area contributed by atoms with E-state index >= 15 is 0 Å². The number of benzene rings is 2. The summed E-state index contributed by atoms with van der Waals surface area (Å²) in [4.78, 5) is 0. The first-order valence-corrected chi connectivity index (χ1v) is 7.64. The van der Waals surface area contributed by atoms with Crippen molar-refractivity contribution < 1.29 is 9.31 Å². The van der Waals surface area contributed by atoms with Gasteiger partial charge < -0.3 is 9.31 Å². The molecule has 2 aromatic carbocycles. The smallest absolute Gasteiger partial charge is 0.403 e. The summed E-state index contributed by atoms with van der Waals surface area (Å²) in [6.45, 7) is 10.6. The lowest BCUT2D eigenvalue weighted by atomic mass is 9.69. The van der Waals surface area contributed by atoms with E-state index in [1.807, 2.05) is 0 Å². The lowest BCUT2D eigenvalue weighted by Crippen LogP contribution is -2.41. The van der Waals surface area contributed by atoms with Gasteiger partial charge in [-0.25, -0.2) is 0 Å². The van der Waals surface area contributed by atoms with Crippen LogP contribution in [-0.4, -0.2) is 18.3 Å². The summed E-state index contributed by atoms with van der Waals surface area (Å²) >= 11 is 0. The number of hydrogen-bond donors (Lipinski definition) is 0. The molecule has 0 bridgehead atoms. The van der Waals surface area contributed by atoms with Gasteiger partial charge in [-0.3, -0.25) is 0 Å². The molecule has 0 aliphatic carbocycles. The highest BCUT2D eigenvalue weighted by atomic mass is 16.7. The minimum absolute atomic E-state index is 0.198. The van der Waals surface area contributed by atoms with Crippen LogP contribution in [0.1, 0.15) is 46.0 Å². The zero-order valence-electron chi connectivity index (χ0n) is 13.5. The van der Waals surface area contributed by atoms with Crippen molar-refractivity contribution in [2.45, 2.75) is 51.6 Å². The number of fused-ring (bicyclic) bond motifs is 1. The van der Waals surface area contributed by atoms with E-state index in [2.05, 4.69) is 77.1 Å². The van der Waals surface area contributed by atoms with Gasteiger partial charge in [0.1, 0.15) is 0 Å². The Morgan fingerprint density at radius 1 is 0.857 bits per heavy atom. The number of hydrogen-bond acceptors (Lipinski definition) is 2. The van der Waals surface area contributed by atoms with Crippen molar-refractivity contribution in [3.8, 4) is 0 Å². The Morgan fingerprint density at radius 2 is 1.43 bits per heavy atom. The summed E-state index contributed by atoms with van der Waals surface area (Å²) in [5, 5.41) is 2.53. The molecule has 0 saturated carbocycles. The monoisotopic (exact) mass is 282 g/mol. The van der Waals surface area contributed by atoms with Crippen molar-refractivity contribution in [1.29, 1.82) is 0 Å². The molecule has 0 unspecified atom stereocenters. The van der Waals surface area contributed by atoms with E-state index in [0.29, 0.717) is 0 Å². The van der Waals surface area contributed by atoms with E-state index in [1.165, 1.54) is 16.3 Å². The molecule has 0 N–H and O–H groups in total. The summed E-state index contributed by atoms with van der Waals surface area (Å²) in [6, 6.07) is 15.0. The van der Waals surface area contributed by atoms with Crippen molar-refractivity contribution in [2.75, 3.05) is 0 Å². The van der Waals surface area contributed by atoms with E-state index < -0.39 is 0 Å². The van der Waals surface area contributed by atoms with Crippen molar-refractivity contribution in [2.24, 2.45) is 0 Å². The third kappa shape index (κ3) is 2.49. The third-order valence-electron chi connectivity index (χ3n) is 4.98. The maximum Gasteiger partial charge on any atom is 0.465 e. The molecule has 3 heteroatoms. The fraction of sp³-hybridized carbons (Fsp3) is 0.444. The molecule has 1 saturated heterocycles. The van der Waals surface area contributed by atoms with Crippen LogP contribution >= 0.6 is 0 Å². The molecular formula is C18H23BO2. The Balaban J connectivity index is 1.89. The first-order chi connectivity index (χ1) is 9.80. The molecule has 0 spiro atoms. The van der Waals surface area contributed by atoms with E-state index in [9.17, 15) is 0 Å². The molecule has 1 atom stereocenters. The van der Waals surface area contributed by atoms with E-state index in [-0.39, 0.29) is 24.1 Å². The van der Waals surface area contributed by atoms with Crippen molar-refractivity contribution in [3.05, 3.63) is 48.0 Å². The molecule has 2 nitrogen and oxygen atoms in total. The zero-order valence-corrected chi connectivity index (χ0v) is 13.5. The molecule has 2 aromatic rings. The van der Waals surface area contributed by atoms with E-state index in [1.54, 1.807) is 0 Å². The highest BCUT2D eigenvalue weighted by Gasteiger charge is 2.52. The molecule has 3 rings (SSSR count). The van der Waals surface area contributed by atoms with Crippen LogP contribution in [0, 0.1) is 0 Å². The molecule has 21 heavy (non-hydrogen) atoms. The minimum Gasteiger partial charge on any atom is -0.403 e. The Kier molecular flexibility index (Phi) is 3.38. The van der Waals surface area contributed by atoms with Crippen LogP contribution in [0.25, 0.3) is 10.8 Å². The van der Waals surface area contributed by atoms with Gasteiger partial charge in [0.25, 0.3) is 0 Å². The van der Waals surface area contributed by atoms with Gasteiger partial charge in [-0.2, -0.15) is 0 Å². The van der Waals surface area contributed by atoms with Gasteiger partial charge in [-0.15, -0.1) is 0 Å². The molecule has 1 fully saturated rings. The van der Waals surface area contributed by atoms with Gasteiger partial charge in [0.15, 0.2) is 0 Å². The fourth-order valence-electron chi connectivity index (χ4n) is 2.74. The maximum absolute atomic E-state index is 6.17. The van der Waals surface area contributed by atoms with Crippen LogP contribution in [0.5, 0.6) is 0 Å². The largest absolute Gasteiger partial charge is 0.465 e. The SMILES string of the molecule is C[C@@H](B1OC(C)(C)C(C)(C)O1)c1ccc2ccccc2c1. The summed E-state index contributed by atoms with van der Waals surface area (Å²) in [5.74, 6) is 0.204. The standard InChI is InChI=1S/C18H23BO2/c1-13(19-20-17(2,3)18(4,5)21-19)15-11-10-14-8-6-7-9-16(14)12-15/h6-13H,1-5H3/t13-/m1/s1. The molecule has 1 aliphatic rings. The average molecular weight is 282 g/mol. The summed E-state index contributed by atoms with van der Waals surface area (Å²) in [5.41, 5.74) is 0.707. The molecule has 0 aromatic heterocycles. The van der Waals surface area contributed by atoms with Crippen molar-refractivity contribution >= 4 is 17.9 Å². The van der Waals surface area contributed by atoms with Gasteiger partial charge in [0.05, 0.1) is 11.2 Å². The van der Waals surface area contributed by atoms with Crippen molar-refractivity contribution in [3.63, 3.8) is 0 Å². The first-order valence-electron chi connectivity index (χ1n) is 7.64. The van der Waals surface area contributed by atoms with Gasteiger partial charge >= 0.3 is 7.12 Å². The van der Waals surface area contributed by atoms with E-state index in [0.717, 1.165) is 0 Å². The van der Waals surface area contributed by atoms with E-state index in [4.69, 9.17) is 9.31 Å². The summed E-state index contributed by atoms with van der Waals surface area (Å²) in [6.07, 6.45) is 0. The highest BCUT2D eigenvalue weighted by molar-refractivity contribution is 6.47. The average Bonchev–Trinajstić information content (AvgIpc) is 2.66. The van der Waals surface area contributed by atoms with Gasteiger partial charge in [-0.1, -0.05) is 49.4 Å². The second kappa shape index (κ2) is 4.86. The highest BCUT2D eigenvalue weighted by Crippen LogP contribution is 2.40. The predicted molar refractivity (Wildman–Crippen MR) is 88.4 cm³/mol. The van der Waals surface area contributed by atoms with Crippen LogP contribution in [0.2, 0.25) is 0 Å². The Morgan fingerprint density at radius 3 is 2.05 bits per heavy atom. The van der Waals surface area contributed by atoms with Crippen LogP contribution < -0.4 is 0 Å². The summed E-state index contributed by atoms with van der Waals surface area (Å²) < 4.78 is 12.3. The number of rotatable bonds is 2. The summed E-state index contributed by atoms with van der Waals surface area (Å²) in [7, 11) is -0.198.